The van der Waals surface area contributed by atoms with E-state index in [0.717, 1.165) is 40.0 Å². The van der Waals surface area contributed by atoms with Gasteiger partial charge in [0.2, 0.25) is 5.91 Å². The van der Waals surface area contributed by atoms with Crippen molar-refractivity contribution in [2.75, 3.05) is 39.3 Å². The fraction of sp³-hybridized carbons (Fsp3) is 0.364. The molecular weight excluding hydrogens is 436 g/mol. The van der Waals surface area contributed by atoms with Crippen LogP contribution in [0.4, 0.5) is 5.69 Å². The van der Waals surface area contributed by atoms with E-state index in [9.17, 15) is 9.59 Å². The Balaban J connectivity index is 1.81. The van der Waals surface area contributed by atoms with E-state index in [1.54, 1.807) is 24.1 Å². The molecule has 1 atom stereocenters. The molecule has 2 heterocycles. The standard InChI is InChI=1S/C22H23BrN2O4/c1-24-9-8-22(13-24)19-17(23)10-15(20(26)29-3)11-18(19)25(21(22)27)12-14-4-6-16(28-2)7-5-14/h4-7,10-11H,8-9,12-13H2,1-3H3. The van der Waals surface area contributed by atoms with Crippen LogP contribution in [0.1, 0.15) is 27.9 Å². The highest BCUT2D eigenvalue weighted by Crippen LogP contribution is 2.51. The maximum absolute atomic E-state index is 13.7. The Morgan fingerprint density at radius 1 is 1.21 bits per heavy atom. The number of anilines is 1. The molecule has 7 heteroatoms. The van der Waals surface area contributed by atoms with Gasteiger partial charge in [-0.3, -0.25) is 4.79 Å². The number of nitrogens with zero attached hydrogens (tertiary/aromatic N) is 2. The fourth-order valence-corrected chi connectivity index (χ4v) is 5.27. The van der Waals surface area contributed by atoms with Crippen LogP contribution in [0.15, 0.2) is 40.9 Å². The number of rotatable bonds is 4. The second kappa shape index (κ2) is 7.46. The van der Waals surface area contributed by atoms with Crippen molar-refractivity contribution in [3.8, 4) is 5.75 Å². The van der Waals surface area contributed by atoms with Crippen LogP contribution in [0.3, 0.4) is 0 Å². The second-order valence-corrected chi connectivity index (χ2v) is 8.51. The molecule has 1 saturated heterocycles. The minimum Gasteiger partial charge on any atom is -0.497 e. The third-order valence-corrected chi connectivity index (χ3v) is 6.50. The Morgan fingerprint density at radius 2 is 1.93 bits per heavy atom. The molecule has 0 aromatic heterocycles. The first-order chi connectivity index (χ1) is 13.9. The molecule has 152 valence electrons. The summed E-state index contributed by atoms with van der Waals surface area (Å²) in [6.45, 7) is 1.94. The van der Waals surface area contributed by atoms with Crippen molar-refractivity contribution in [3.05, 3.63) is 57.6 Å². The van der Waals surface area contributed by atoms with Crippen molar-refractivity contribution in [2.45, 2.75) is 18.4 Å². The van der Waals surface area contributed by atoms with Gasteiger partial charge in [0.05, 0.1) is 37.4 Å². The monoisotopic (exact) mass is 458 g/mol. The number of halogens is 1. The quantitative estimate of drug-likeness (QED) is 0.657. The van der Waals surface area contributed by atoms with Crippen LogP contribution in [0.5, 0.6) is 5.75 Å². The van der Waals surface area contributed by atoms with Crippen LogP contribution < -0.4 is 9.64 Å². The predicted octanol–water partition coefficient (Wildman–Crippen LogP) is 3.36. The van der Waals surface area contributed by atoms with Gasteiger partial charge in [0.15, 0.2) is 0 Å². The van der Waals surface area contributed by atoms with E-state index < -0.39 is 11.4 Å². The van der Waals surface area contributed by atoms with Crippen LogP contribution in [0, 0.1) is 0 Å². The van der Waals surface area contributed by atoms with Crippen LogP contribution in [0.2, 0.25) is 0 Å². The lowest BCUT2D eigenvalue weighted by Crippen LogP contribution is -2.41. The maximum Gasteiger partial charge on any atom is 0.337 e. The Morgan fingerprint density at radius 3 is 2.52 bits per heavy atom. The zero-order chi connectivity index (χ0) is 20.8. The van der Waals surface area contributed by atoms with Gasteiger partial charge in [-0.25, -0.2) is 4.79 Å². The molecule has 29 heavy (non-hydrogen) atoms. The highest BCUT2D eigenvalue weighted by atomic mass is 79.9. The molecule has 2 aliphatic rings. The van der Waals surface area contributed by atoms with Crippen LogP contribution >= 0.6 is 15.9 Å². The van der Waals surface area contributed by atoms with Crippen molar-refractivity contribution in [1.29, 1.82) is 0 Å². The highest BCUT2D eigenvalue weighted by Gasteiger charge is 2.55. The first kappa shape index (κ1) is 19.9. The molecule has 2 aromatic rings. The summed E-state index contributed by atoms with van der Waals surface area (Å²) < 4.78 is 10.9. The third-order valence-electron chi connectivity index (χ3n) is 5.87. The smallest absolute Gasteiger partial charge is 0.337 e. The number of hydrogen-bond acceptors (Lipinski definition) is 5. The second-order valence-electron chi connectivity index (χ2n) is 7.65. The molecule has 1 fully saturated rings. The van der Waals surface area contributed by atoms with Gasteiger partial charge in [0.25, 0.3) is 0 Å². The summed E-state index contributed by atoms with van der Waals surface area (Å²) in [5, 5.41) is 0. The number of ether oxygens (including phenoxy) is 2. The van der Waals surface area contributed by atoms with Crippen molar-refractivity contribution >= 4 is 33.5 Å². The molecule has 1 spiro atoms. The fourth-order valence-electron chi connectivity index (χ4n) is 4.44. The zero-order valence-electron chi connectivity index (χ0n) is 16.7. The Kier molecular flexibility index (Phi) is 5.12. The average Bonchev–Trinajstić information content (AvgIpc) is 3.22. The van der Waals surface area contributed by atoms with Gasteiger partial charge in [0, 0.05) is 16.6 Å². The number of methoxy groups -OCH3 is 2. The largest absolute Gasteiger partial charge is 0.497 e. The first-order valence-corrected chi connectivity index (χ1v) is 10.2. The number of carbonyl (C=O) groups is 2. The third kappa shape index (κ3) is 3.22. The maximum atomic E-state index is 13.7. The molecule has 2 aromatic carbocycles. The van der Waals surface area contributed by atoms with Crippen molar-refractivity contribution < 1.29 is 19.1 Å². The lowest BCUT2D eigenvalue weighted by Gasteiger charge is -2.24. The van der Waals surface area contributed by atoms with Crippen LogP contribution in [0.25, 0.3) is 0 Å². The number of amides is 1. The predicted molar refractivity (Wildman–Crippen MR) is 113 cm³/mol. The number of benzene rings is 2. The van der Waals surface area contributed by atoms with E-state index in [0.29, 0.717) is 18.7 Å². The lowest BCUT2D eigenvalue weighted by molar-refractivity contribution is -0.122. The van der Waals surface area contributed by atoms with Gasteiger partial charge in [-0.05, 0) is 49.8 Å². The van der Waals surface area contributed by atoms with Gasteiger partial charge < -0.3 is 19.3 Å². The highest BCUT2D eigenvalue weighted by molar-refractivity contribution is 9.10. The zero-order valence-corrected chi connectivity index (χ0v) is 18.3. The summed E-state index contributed by atoms with van der Waals surface area (Å²) in [5.74, 6) is 0.428. The van der Waals surface area contributed by atoms with Gasteiger partial charge in [-0.1, -0.05) is 28.1 Å². The molecule has 1 amide bonds. The van der Waals surface area contributed by atoms with Crippen LogP contribution in [-0.2, 0) is 21.5 Å². The number of likely N-dealkylation sites (N-methyl/N-ethyl adjacent to an activating group) is 1. The summed E-state index contributed by atoms with van der Waals surface area (Å²) >= 11 is 3.64. The van der Waals surface area contributed by atoms with E-state index in [1.807, 2.05) is 31.3 Å². The lowest BCUT2D eigenvalue weighted by atomic mass is 9.80. The Labute approximate surface area is 178 Å². The molecule has 0 bridgehead atoms. The van der Waals surface area contributed by atoms with E-state index in [2.05, 4.69) is 20.8 Å². The molecule has 0 saturated carbocycles. The Bertz CT molecular complexity index is 976. The SMILES string of the molecule is COC(=O)c1cc(Br)c2c(c1)N(Cc1ccc(OC)cc1)C(=O)C21CCN(C)C1. The van der Waals surface area contributed by atoms with Crippen LogP contribution in [-0.4, -0.2) is 51.1 Å². The van der Waals surface area contributed by atoms with Gasteiger partial charge >= 0.3 is 5.97 Å². The normalized spacial score (nSPS) is 21.0. The summed E-state index contributed by atoms with van der Waals surface area (Å²) in [4.78, 5) is 29.9. The van der Waals surface area contributed by atoms with Crippen molar-refractivity contribution in [3.63, 3.8) is 0 Å². The molecule has 0 N–H and O–H groups in total. The molecular formula is C22H23BrN2O4. The van der Waals surface area contributed by atoms with E-state index in [-0.39, 0.29) is 5.91 Å². The number of fused-ring (bicyclic) bond motifs is 2. The van der Waals surface area contributed by atoms with Gasteiger partial charge in [0.1, 0.15) is 5.75 Å². The number of hydrogen-bond donors (Lipinski definition) is 0. The molecule has 0 radical (unpaired) electrons. The van der Waals surface area contributed by atoms with E-state index in [1.165, 1.54) is 7.11 Å². The van der Waals surface area contributed by atoms with Gasteiger partial charge in [-0.2, -0.15) is 0 Å². The molecule has 1 unspecified atom stereocenters. The van der Waals surface area contributed by atoms with Crippen molar-refractivity contribution in [2.24, 2.45) is 0 Å². The minimum absolute atomic E-state index is 0.0791. The molecule has 6 nitrogen and oxygen atoms in total. The molecule has 2 aliphatic heterocycles. The first-order valence-electron chi connectivity index (χ1n) is 9.45. The van der Waals surface area contributed by atoms with E-state index in [4.69, 9.17) is 9.47 Å². The average molecular weight is 459 g/mol. The molecule has 4 rings (SSSR count). The summed E-state index contributed by atoms with van der Waals surface area (Å²) in [7, 11) is 5.02. The topological polar surface area (TPSA) is 59.1 Å². The number of esters is 1. The number of carbonyl (C=O) groups excluding carboxylic acids is 2. The summed E-state index contributed by atoms with van der Waals surface area (Å²) in [5.41, 5.74) is 2.57. The van der Waals surface area contributed by atoms with E-state index >= 15 is 0 Å². The van der Waals surface area contributed by atoms with Gasteiger partial charge in [-0.15, -0.1) is 0 Å². The minimum atomic E-state index is -0.593. The van der Waals surface area contributed by atoms with Crippen molar-refractivity contribution in [1.82, 2.24) is 4.90 Å². The summed E-state index contributed by atoms with van der Waals surface area (Å²) in [6, 6.07) is 11.2. The summed E-state index contributed by atoms with van der Waals surface area (Å²) in [6.07, 6.45) is 0.755. The Hall–Kier alpha value is -2.38. The number of likely N-dealkylation sites (tertiary alicyclic amines) is 1. The molecule has 0 aliphatic carbocycles.